The first-order valence-corrected chi connectivity index (χ1v) is 9.20. The highest BCUT2D eigenvalue weighted by Crippen LogP contribution is 2.33. The zero-order chi connectivity index (χ0) is 16.1. The van der Waals surface area contributed by atoms with Crippen LogP contribution in [0.2, 0.25) is 0 Å². The van der Waals surface area contributed by atoms with E-state index in [0.717, 1.165) is 51.6 Å². The third-order valence-electron chi connectivity index (χ3n) is 5.53. The Morgan fingerprint density at radius 1 is 1.17 bits per heavy atom. The lowest BCUT2D eigenvalue weighted by Gasteiger charge is -2.40. The van der Waals surface area contributed by atoms with Crippen molar-refractivity contribution in [1.82, 2.24) is 5.32 Å². The van der Waals surface area contributed by atoms with E-state index in [9.17, 15) is 4.79 Å². The molecular formula is C18H35ClN2O2. The number of halogens is 1. The Hall–Kier alpha value is -0.320. The molecule has 0 aromatic carbocycles. The molecule has 0 aliphatic heterocycles. The lowest BCUT2D eigenvalue weighted by atomic mass is 9.74. The highest BCUT2D eigenvalue weighted by Gasteiger charge is 2.39. The summed E-state index contributed by atoms with van der Waals surface area (Å²) in [5.41, 5.74) is 5.86. The highest BCUT2D eigenvalue weighted by molar-refractivity contribution is 5.85. The van der Waals surface area contributed by atoms with Gasteiger partial charge in [0.05, 0.1) is 11.5 Å². The first kappa shape index (κ1) is 20.7. The molecule has 5 heteroatoms. The fraction of sp³-hybridized carbons (Fsp3) is 0.944. The minimum atomic E-state index is -0.355. The van der Waals surface area contributed by atoms with Crippen LogP contribution in [-0.4, -0.2) is 30.2 Å². The number of hydrogen-bond donors (Lipinski definition) is 2. The average Bonchev–Trinajstić information content (AvgIpc) is 2.51. The molecule has 2 aliphatic carbocycles. The van der Waals surface area contributed by atoms with E-state index in [1.165, 1.54) is 19.3 Å². The molecule has 0 spiro atoms. The number of amides is 1. The van der Waals surface area contributed by atoms with E-state index in [0.29, 0.717) is 6.54 Å². The molecule has 2 atom stereocenters. The van der Waals surface area contributed by atoms with Gasteiger partial charge >= 0.3 is 0 Å². The summed E-state index contributed by atoms with van der Waals surface area (Å²) in [5, 5.41) is 3.18. The van der Waals surface area contributed by atoms with Crippen LogP contribution in [0.3, 0.4) is 0 Å². The number of nitrogens with one attached hydrogen (secondary N) is 1. The van der Waals surface area contributed by atoms with Gasteiger partial charge in [0.1, 0.15) is 0 Å². The smallest absolute Gasteiger partial charge is 0.225 e. The predicted molar refractivity (Wildman–Crippen MR) is 96.9 cm³/mol. The van der Waals surface area contributed by atoms with Crippen molar-refractivity contribution in [3.8, 4) is 0 Å². The van der Waals surface area contributed by atoms with Crippen molar-refractivity contribution in [2.45, 2.75) is 89.2 Å². The van der Waals surface area contributed by atoms with Crippen LogP contribution in [0.15, 0.2) is 0 Å². The second-order valence-corrected chi connectivity index (χ2v) is 7.61. The van der Waals surface area contributed by atoms with Crippen LogP contribution < -0.4 is 11.1 Å². The zero-order valence-electron chi connectivity index (χ0n) is 14.9. The summed E-state index contributed by atoms with van der Waals surface area (Å²) < 4.78 is 6.16. The third-order valence-corrected chi connectivity index (χ3v) is 5.53. The zero-order valence-corrected chi connectivity index (χ0v) is 15.7. The minimum Gasteiger partial charge on any atom is -0.373 e. The van der Waals surface area contributed by atoms with E-state index < -0.39 is 0 Å². The van der Waals surface area contributed by atoms with Gasteiger partial charge < -0.3 is 15.8 Å². The Labute approximate surface area is 147 Å². The average molecular weight is 347 g/mol. The van der Waals surface area contributed by atoms with Crippen molar-refractivity contribution >= 4 is 18.3 Å². The maximum Gasteiger partial charge on any atom is 0.225 e. The Morgan fingerprint density at radius 2 is 1.83 bits per heavy atom. The van der Waals surface area contributed by atoms with Gasteiger partial charge in [-0.15, -0.1) is 12.4 Å². The summed E-state index contributed by atoms with van der Waals surface area (Å²) in [4.78, 5) is 12.6. The molecule has 136 valence electrons. The molecule has 2 rings (SSSR count). The lowest BCUT2D eigenvalue weighted by molar-refractivity contribution is -0.131. The number of ether oxygens (including phenoxy) is 1. The monoisotopic (exact) mass is 346 g/mol. The molecule has 0 bridgehead atoms. The molecule has 0 aromatic rings. The summed E-state index contributed by atoms with van der Waals surface area (Å²) in [7, 11) is 0. The van der Waals surface area contributed by atoms with E-state index in [1.54, 1.807) is 0 Å². The van der Waals surface area contributed by atoms with E-state index in [4.69, 9.17) is 10.5 Å². The van der Waals surface area contributed by atoms with Crippen molar-refractivity contribution in [1.29, 1.82) is 0 Å². The van der Waals surface area contributed by atoms with Gasteiger partial charge in [0, 0.05) is 18.7 Å². The number of hydrogen-bond acceptors (Lipinski definition) is 3. The van der Waals surface area contributed by atoms with Gasteiger partial charge in [0.25, 0.3) is 0 Å². The molecule has 3 N–H and O–H groups in total. The topological polar surface area (TPSA) is 64.3 Å². The number of carbonyl (C=O) groups is 1. The second-order valence-electron chi connectivity index (χ2n) is 7.61. The standard InChI is InChI=1S/C18H34N2O2.ClH/c1-3-13-22-18(11-6-4-7-12-18)14-20-16(21)15-9-5-8-10-17(15,2)19;/h15H,3-14,19H2,1-2H3,(H,20,21);1H. The molecule has 1 amide bonds. The normalized spacial score (nSPS) is 30.3. The van der Waals surface area contributed by atoms with Gasteiger partial charge in [-0.2, -0.15) is 0 Å². The Morgan fingerprint density at radius 3 is 2.43 bits per heavy atom. The van der Waals surface area contributed by atoms with Crippen molar-refractivity contribution in [3.63, 3.8) is 0 Å². The van der Waals surface area contributed by atoms with Gasteiger partial charge in [-0.1, -0.05) is 39.0 Å². The van der Waals surface area contributed by atoms with Crippen LogP contribution in [0.5, 0.6) is 0 Å². The summed E-state index contributed by atoms with van der Waals surface area (Å²) >= 11 is 0. The van der Waals surface area contributed by atoms with E-state index in [2.05, 4.69) is 12.2 Å². The van der Waals surface area contributed by atoms with Crippen LogP contribution in [0.25, 0.3) is 0 Å². The van der Waals surface area contributed by atoms with Crippen molar-refractivity contribution < 1.29 is 9.53 Å². The first-order chi connectivity index (χ1) is 10.5. The molecular weight excluding hydrogens is 312 g/mol. The molecule has 0 saturated heterocycles. The molecule has 2 fully saturated rings. The largest absolute Gasteiger partial charge is 0.373 e. The summed E-state index contributed by atoms with van der Waals surface area (Å²) in [6, 6.07) is 0. The molecule has 23 heavy (non-hydrogen) atoms. The summed E-state index contributed by atoms with van der Waals surface area (Å²) in [5.74, 6) is 0.0859. The fourth-order valence-corrected chi connectivity index (χ4v) is 4.05. The Kier molecular flexibility index (Phi) is 8.32. The van der Waals surface area contributed by atoms with E-state index in [-0.39, 0.29) is 35.4 Å². The maximum absolute atomic E-state index is 12.6. The summed E-state index contributed by atoms with van der Waals surface area (Å²) in [6.45, 7) is 5.60. The second kappa shape index (κ2) is 9.24. The van der Waals surface area contributed by atoms with E-state index >= 15 is 0 Å². The molecule has 0 aromatic heterocycles. The van der Waals surface area contributed by atoms with Gasteiger partial charge in [-0.25, -0.2) is 0 Å². The minimum absolute atomic E-state index is 0. The maximum atomic E-state index is 12.6. The molecule has 0 heterocycles. The molecule has 2 unspecified atom stereocenters. The number of nitrogens with two attached hydrogens (primary N) is 1. The predicted octanol–water partition coefficient (Wildman–Crippen LogP) is 3.56. The Bertz CT molecular complexity index is 368. The van der Waals surface area contributed by atoms with Crippen LogP contribution in [0.1, 0.15) is 78.1 Å². The molecule has 2 saturated carbocycles. The molecule has 4 nitrogen and oxygen atoms in total. The SMILES string of the molecule is CCCOC1(CNC(=O)C2CCCCC2(C)N)CCCCC1.Cl. The quantitative estimate of drug-likeness (QED) is 0.772. The highest BCUT2D eigenvalue weighted by atomic mass is 35.5. The van der Waals surface area contributed by atoms with Gasteiger partial charge in [-0.3, -0.25) is 4.79 Å². The lowest BCUT2D eigenvalue weighted by Crippen LogP contribution is -2.55. The van der Waals surface area contributed by atoms with Crippen LogP contribution in [0.4, 0.5) is 0 Å². The van der Waals surface area contributed by atoms with Crippen molar-refractivity contribution in [3.05, 3.63) is 0 Å². The summed E-state index contributed by atoms with van der Waals surface area (Å²) in [6.07, 6.45) is 11.0. The number of rotatable bonds is 6. The third kappa shape index (κ3) is 5.61. The first-order valence-electron chi connectivity index (χ1n) is 9.20. The Balaban J connectivity index is 0.00000264. The van der Waals surface area contributed by atoms with Gasteiger partial charge in [0.15, 0.2) is 0 Å². The van der Waals surface area contributed by atoms with Crippen LogP contribution in [0, 0.1) is 5.92 Å². The molecule has 2 aliphatic rings. The van der Waals surface area contributed by atoms with Crippen molar-refractivity contribution in [2.75, 3.05) is 13.2 Å². The van der Waals surface area contributed by atoms with Crippen LogP contribution in [-0.2, 0) is 9.53 Å². The number of carbonyl (C=O) groups excluding carboxylic acids is 1. The molecule has 0 radical (unpaired) electrons. The van der Waals surface area contributed by atoms with Crippen molar-refractivity contribution in [2.24, 2.45) is 11.7 Å². The van der Waals surface area contributed by atoms with Gasteiger partial charge in [-0.05, 0) is 39.0 Å². The fourth-order valence-electron chi connectivity index (χ4n) is 4.05. The van der Waals surface area contributed by atoms with E-state index in [1.807, 2.05) is 6.92 Å². The van der Waals surface area contributed by atoms with Crippen LogP contribution >= 0.6 is 12.4 Å². The van der Waals surface area contributed by atoms with Gasteiger partial charge in [0.2, 0.25) is 5.91 Å².